The van der Waals surface area contributed by atoms with Gasteiger partial charge in [0, 0.05) is 6.42 Å². The van der Waals surface area contributed by atoms with Crippen LogP contribution in [0.2, 0.25) is 0 Å². The van der Waals surface area contributed by atoms with Crippen molar-refractivity contribution in [1.82, 2.24) is 5.32 Å². The third-order valence-electron chi connectivity index (χ3n) is 14.7. The van der Waals surface area contributed by atoms with E-state index < -0.39 is 63.2 Å². The second-order valence-corrected chi connectivity index (χ2v) is 22.6. The Morgan fingerprint density at radius 2 is 0.696 bits per heavy atom. The van der Waals surface area contributed by atoms with Crippen LogP contribution < -0.4 is 5.32 Å². The van der Waals surface area contributed by atoms with Gasteiger partial charge in [-0.15, -0.1) is 0 Å². The Hall–Kier alpha value is -0.660. The van der Waals surface area contributed by atoms with Crippen molar-refractivity contribution in [3.63, 3.8) is 0 Å². The van der Waals surface area contributed by atoms with Crippen molar-refractivity contribution in [3.8, 4) is 0 Å². The maximum atomic E-state index is 13.0. The van der Waals surface area contributed by atoms with Gasteiger partial charge in [0.25, 0.3) is 0 Å². The Morgan fingerprint density at radius 3 is 1.00 bits per heavy atom. The monoisotopic (exact) mass is 1010 g/mol. The zero-order chi connectivity index (χ0) is 50.6. The van der Waals surface area contributed by atoms with E-state index in [2.05, 4.69) is 19.2 Å². The van der Waals surface area contributed by atoms with Crippen molar-refractivity contribution in [3.05, 3.63) is 0 Å². The van der Waals surface area contributed by atoms with E-state index in [0.717, 1.165) is 38.5 Å². The summed E-state index contributed by atoms with van der Waals surface area (Å²) >= 11 is 0. The van der Waals surface area contributed by atoms with Gasteiger partial charge in [0.15, 0.2) is 0 Å². The van der Waals surface area contributed by atoms with Gasteiger partial charge < -0.3 is 40.8 Å². The summed E-state index contributed by atoms with van der Waals surface area (Å²) in [6.07, 6.45) is 41.9. The number of hydrogen-bond acceptors (Lipinski definition) is 10. The van der Waals surface area contributed by atoms with Gasteiger partial charge in [0.05, 0.1) is 18.8 Å². The topological polar surface area (TPSA) is 206 Å². The number of phosphoric acid groups is 1. The summed E-state index contributed by atoms with van der Waals surface area (Å²) in [5, 5.41) is 64.2. The largest absolute Gasteiger partial charge is 0.472 e. The molecule has 13 heteroatoms. The predicted molar refractivity (Wildman–Crippen MR) is 283 cm³/mol. The zero-order valence-corrected chi connectivity index (χ0v) is 45.5. The molecule has 1 rings (SSSR count). The maximum Gasteiger partial charge on any atom is 0.472 e. The van der Waals surface area contributed by atoms with E-state index in [4.69, 9.17) is 9.05 Å². The molecule has 0 aromatic carbocycles. The summed E-state index contributed by atoms with van der Waals surface area (Å²) < 4.78 is 23.0. The Bertz CT molecular complexity index is 1170. The number of carbonyl (C=O) groups excluding carboxylic acids is 1. The summed E-state index contributed by atoms with van der Waals surface area (Å²) in [4.78, 5) is 23.5. The van der Waals surface area contributed by atoms with Crippen LogP contribution in [0.15, 0.2) is 0 Å². The van der Waals surface area contributed by atoms with Gasteiger partial charge in [0.1, 0.15) is 36.6 Å². The first kappa shape index (κ1) is 66.4. The lowest BCUT2D eigenvalue weighted by Gasteiger charge is -2.41. The van der Waals surface area contributed by atoms with Gasteiger partial charge in [0.2, 0.25) is 5.91 Å². The quantitative estimate of drug-likeness (QED) is 0.0213. The minimum absolute atomic E-state index is 0.243. The lowest BCUT2D eigenvalue weighted by molar-refractivity contribution is -0.220. The molecule has 9 atom stereocenters. The zero-order valence-electron chi connectivity index (χ0n) is 44.6. The van der Waals surface area contributed by atoms with Crippen LogP contribution in [-0.2, 0) is 18.4 Å². The lowest BCUT2D eigenvalue weighted by atomic mass is 9.85. The maximum absolute atomic E-state index is 13.0. The molecule has 1 saturated carbocycles. The molecule has 0 radical (unpaired) electrons. The summed E-state index contributed by atoms with van der Waals surface area (Å²) in [5.74, 6) is -0.302. The molecule has 0 aromatic heterocycles. The highest BCUT2D eigenvalue weighted by Gasteiger charge is 2.51. The molecule has 69 heavy (non-hydrogen) atoms. The third kappa shape index (κ3) is 36.8. The van der Waals surface area contributed by atoms with Crippen LogP contribution in [-0.4, -0.2) is 96.8 Å². The number of phosphoric ester groups is 1. The Kier molecular flexibility index (Phi) is 44.2. The fourth-order valence-electron chi connectivity index (χ4n) is 9.91. The summed E-state index contributed by atoms with van der Waals surface area (Å²) in [6, 6.07) is -1.03. The van der Waals surface area contributed by atoms with Crippen molar-refractivity contribution in [2.45, 2.75) is 345 Å². The van der Waals surface area contributed by atoms with Gasteiger partial charge in [-0.2, -0.15) is 0 Å². The molecule has 412 valence electrons. The molecule has 1 amide bonds. The van der Waals surface area contributed by atoms with Crippen molar-refractivity contribution in [2.75, 3.05) is 6.61 Å². The Balaban J connectivity index is 2.15. The van der Waals surface area contributed by atoms with Crippen LogP contribution in [0.5, 0.6) is 0 Å². The normalized spacial score (nSPS) is 21.3. The highest BCUT2D eigenvalue weighted by Crippen LogP contribution is 2.47. The fourth-order valence-corrected chi connectivity index (χ4v) is 10.9. The first-order valence-corrected chi connectivity index (χ1v) is 31.0. The average Bonchev–Trinajstić information content (AvgIpc) is 3.33. The molecule has 8 N–H and O–H groups in total. The molecule has 0 heterocycles. The van der Waals surface area contributed by atoms with Crippen LogP contribution in [0.1, 0.15) is 296 Å². The number of hydrogen-bond donors (Lipinski definition) is 8. The number of carbonyl (C=O) groups is 1. The van der Waals surface area contributed by atoms with Gasteiger partial charge in [-0.1, -0.05) is 277 Å². The highest BCUT2D eigenvalue weighted by molar-refractivity contribution is 7.47. The minimum atomic E-state index is -5.05. The molecule has 0 spiro atoms. The van der Waals surface area contributed by atoms with Crippen molar-refractivity contribution in [2.24, 2.45) is 0 Å². The number of nitrogens with one attached hydrogen (secondary N) is 1. The molecule has 0 saturated heterocycles. The lowest BCUT2D eigenvalue weighted by Crippen LogP contribution is -2.64. The summed E-state index contributed by atoms with van der Waals surface area (Å²) in [6.45, 7) is 3.91. The number of rotatable bonds is 51. The molecule has 12 nitrogen and oxygen atoms in total. The minimum Gasteiger partial charge on any atom is -0.391 e. The SMILES string of the molecule is CCCCCCCCCCCCCCCCCCCCCCCCCCCCCCCCCCC(=O)N[C@@H](COP(=O)(O)OC1C(O)C(O)C(O)[C@@H](O)C1O)[C@H](O)CCCCCCCCCCCC. The number of unbranched alkanes of at least 4 members (excludes halogenated alkanes) is 40. The fraction of sp³-hybridized carbons (Fsp3) is 0.982. The molecule has 0 aliphatic heterocycles. The molecule has 0 bridgehead atoms. The molecule has 0 aromatic rings. The molecule has 1 aliphatic carbocycles. The van der Waals surface area contributed by atoms with E-state index in [-0.39, 0.29) is 12.3 Å². The van der Waals surface area contributed by atoms with Gasteiger partial charge in [-0.05, 0) is 12.8 Å². The van der Waals surface area contributed by atoms with Crippen LogP contribution in [0.25, 0.3) is 0 Å². The van der Waals surface area contributed by atoms with E-state index in [0.29, 0.717) is 19.3 Å². The van der Waals surface area contributed by atoms with Crippen LogP contribution >= 0.6 is 7.82 Å². The predicted octanol–water partition coefficient (Wildman–Crippen LogP) is 13.4. The smallest absolute Gasteiger partial charge is 0.391 e. The first-order valence-electron chi connectivity index (χ1n) is 29.5. The van der Waals surface area contributed by atoms with Gasteiger partial charge in [-0.25, -0.2) is 4.57 Å². The average molecular weight is 1010 g/mol. The second-order valence-electron chi connectivity index (χ2n) is 21.2. The Labute approximate surface area is 423 Å². The number of aliphatic hydroxyl groups excluding tert-OH is 6. The molecule has 1 aliphatic rings. The molecule has 6 unspecified atom stereocenters. The summed E-state index contributed by atoms with van der Waals surface area (Å²) in [5.41, 5.74) is 0. The van der Waals surface area contributed by atoms with Crippen LogP contribution in [0.3, 0.4) is 0 Å². The highest BCUT2D eigenvalue weighted by atomic mass is 31.2. The van der Waals surface area contributed by atoms with Crippen LogP contribution in [0.4, 0.5) is 0 Å². The Morgan fingerprint density at radius 1 is 0.435 bits per heavy atom. The number of aliphatic hydroxyl groups is 6. The van der Waals surface area contributed by atoms with Crippen molar-refractivity contribution >= 4 is 13.7 Å². The molecular weight excluding hydrogens is 894 g/mol. The standard InChI is InChI=1S/C56H112NO11P/c1-3-5-7-9-11-13-15-16-17-18-19-20-21-22-23-24-25-26-27-28-29-30-31-32-33-34-35-36-38-40-42-44-46-50(59)57-48(49(58)45-43-41-39-37-14-12-10-8-6-4-2)47-67-69(65,66)68-56-54(63)52(61)51(60)53(62)55(56)64/h48-49,51-56,58,60-64H,3-47H2,1-2H3,(H,57,59)(H,65,66)/t48-,49+,51?,52+,53?,54?,55?,56?/m0/s1. The number of amides is 1. The van der Waals surface area contributed by atoms with E-state index in [9.17, 15) is 44.9 Å². The first-order chi connectivity index (χ1) is 33.4. The second kappa shape index (κ2) is 45.9. The molecular formula is C56H112NO11P. The van der Waals surface area contributed by atoms with Gasteiger partial charge >= 0.3 is 7.82 Å². The van der Waals surface area contributed by atoms with Crippen molar-refractivity contribution < 1.29 is 53.9 Å². The van der Waals surface area contributed by atoms with E-state index >= 15 is 0 Å². The third-order valence-corrected chi connectivity index (χ3v) is 15.7. The van der Waals surface area contributed by atoms with Crippen molar-refractivity contribution in [1.29, 1.82) is 0 Å². The van der Waals surface area contributed by atoms with E-state index in [1.165, 1.54) is 218 Å². The van der Waals surface area contributed by atoms with Gasteiger partial charge in [-0.3, -0.25) is 13.8 Å². The van der Waals surface area contributed by atoms with Crippen LogP contribution in [0, 0.1) is 0 Å². The van der Waals surface area contributed by atoms with E-state index in [1.54, 1.807) is 0 Å². The molecule has 1 fully saturated rings. The summed E-state index contributed by atoms with van der Waals surface area (Å²) in [7, 11) is -5.05. The van der Waals surface area contributed by atoms with E-state index in [1.807, 2.05) is 0 Å².